The normalized spacial score (nSPS) is 20.9. The summed E-state index contributed by atoms with van der Waals surface area (Å²) in [4.78, 5) is 25.8. The maximum atomic E-state index is 12.1. The van der Waals surface area contributed by atoms with Gasteiger partial charge < -0.3 is 20.1 Å². The molecule has 1 aliphatic rings. The van der Waals surface area contributed by atoms with Gasteiger partial charge in [0.05, 0.1) is 12.5 Å². The van der Waals surface area contributed by atoms with Gasteiger partial charge in [-0.1, -0.05) is 19.1 Å². The molecule has 2 N–H and O–H groups in total. The third-order valence-electron chi connectivity index (χ3n) is 5.09. The van der Waals surface area contributed by atoms with E-state index in [4.69, 9.17) is 4.74 Å². The molecule has 0 radical (unpaired) electrons. The van der Waals surface area contributed by atoms with Crippen LogP contribution in [0.25, 0.3) is 0 Å². The number of ether oxygens (including phenoxy) is 1. The number of piperidine rings is 1. The van der Waals surface area contributed by atoms with E-state index in [9.17, 15) is 14.7 Å². The first kappa shape index (κ1) is 19.2. The molecule has 0 aliphatic carbocycles. The Balaban J connectivity index is 1.76. The van der Waals surface area contributed by atoms with E-state index < -0.39 is 11.4 Å². The maximum absolute atomic E-state index is 12.1. The van der Waals surface area contributed by atoms with Crippen LogP contribution in [0.3, 0.4) is 0 Å². The third-order valence-corrected chi connectivity index (χ3v) is 5.09. The van der Waals surface area contributed by atoms with Crippen LogP contribution in [0.4, 0.5) is 0 Å². The first-order valence-electron chi connectivity index (χ1n) is 8.84. The fourth-order valence-electron chi connectivity index (χ4n) is 3.32. The van der Waals surface area contributed by atoms with E-state index in [2.05, 4.69) is 10.2 Å². The SMILES string of the molecule is CC[C@]1(C(=O)O)CCCN(CCC(=O)NCc2ccc(OC)cc2)C1. The summed E-state index contributed by atoms with van der Waals surface area (Å²) >= 11 is 0. The zero-order valence-corrected chi connectivity index (χ0v) is 15.1. The van der Waals surface area contributed by atoms with Crippen LogP contribution >= 0.6 is 0 Å². The average Bonchev–Trinajstić information content (AvgIpc) is 2.65. The van der Waals surface area contributed by atoms with Gasteiger partial charge in [0.1, 0.15) is 5.75 Å². The lowest BCUT2D eigenvalue weighted by Crippen LogP contribution is -2.48. The number of nitrogens with one attached hydrogen (secondary N) is 1. The Hall–Kier alpha value is -2.08. The Kier molecular flexibility index (Phi) is 6.82. The summed E-state index contributed by atoms with van der Waals surface area (Å²) in [5, 5.41) is 12.4. The summed E-state index contributed by atoms with van der Waals surface area (Å²) in [5.41, 5.74) is 0.362. The lowest BCUT2D eigenvalue weighted by atomic mass is 9.77. The second-order valence-corrected chi connectivity index (χ2v) is 6.69. The molecule has 6 nitrogen and oxygen atoms in total. The number of carboxylic acid groups (broad SMARTS) is 1. The number of carboxylic acids is 1. The zero-order chi connectivity index (χ0) is 18.3. The molecule has 0 saturated carbocycles. The van der Waals surface area contributed by atoms with Crippen molar-refractivity contribution in [2.24, 2.45) is 5.41 Å². The molecule has 1 fully saturated rings. The standard InChI is InChI=1S/C19H28N2O4/c1-3-19(18(23)24)10-4-11-21(14-19)12-9-17(22)20-13-15-5-7-16(25-2)8-6-15/h5-8H,3-4,9-14H2,1-2H3,(H,20,22)(H,23,24)/t19-/m0/s1. The first-order valence-corrected chi connectivity index (χ1v) is 8.84. The zero-order valence-electron chi connectivity index (χ0n) is 15.1. The van der Waals surface area contributed by atoms with Crippen LogP contribution in [0.1, 0.15) is 38.2 Å². The van der Waals surface area contributed by atoms with E-state index >= 15 is 0 Å². The minimum Gasteiger partial charge on any atom is -0.497 e. The smallest absolute Gasteiger partial charge is 0.310 e. The van der Waals surface area contributed by atoms with Gasteiger partial charge in [0.2, 0.25) is 5.91 Å². The van der Waals surface area contributed by atoms with Gasteiger partial charge in [-0.3, -0.25) is 9.59 Å². The van der Waals surface area contributed by atoms with E-state index in [0.717, 1.165) is 30.7 Å². The van der Waals surface area contributed by atoms with Gasteiger partial charge in [-0.05, 0) is 43.5 Å². The second kappa shape index (κ2) is 8.85. The minimum atomic E-state index is -0.719. The number of hydrogen-bond acceptors (Lipinski definition) is 4. The summed E-state index contributed by atoms with van der Waals surface area (Å²) in [6, 6.07) is 7.58. The van der Waals surface area contributed by atoms with Crippen molar-refractivity contribution in [3.05, 3.63) is 29.8 Å². The number of amides is 1. The molecule has 1 atom stereocenters. The highest BCUT2D eigenvalue weighted by Crippen LogP contribution is 2.33. The van der Waals surface area contributed by atoms with E-state index in [1.54, 1.807) is 7.11 Å². The van der Waals surface area contributed by atoms with Gasteiger partial charge in [-0.25, -0.2) is 0 Å². The summed E-state index contributed by atoms with van der Waals surface area (Å²) < 4.78 is 5.11. The van der Waals surface area contributed by atoms with Crippen LogP contribution in [0, 0.1) is 5.41 Å². The van der Waals surface area contributed by atoms with Crippen molar-refractivity contribution in [3.63, 3.8) is 0 Å². The molecule has 2 rings (SSSR count). The summed E-state index contributed by atoms with van der Waals surface area (Å²) in [5.74, 6) is 0.0560. The molecule has 1 aromatic carbocycles. The number of nitrogens with zero attached hydrogens (tertiary/aromatic N) is 1. The van der Waals surface area contributed by atoms with Gasteiger partial charge in [-0.15, -0.1) is 0 Å². The molecule has 25 heavy (non-hydrogen) atoms. The lowest BCUT2D eigenvalue weighted by molar-refractivity contribution is -0.152. The lowest BCUT2D eigenvalue weighted by Gasteiger charge is -2.39. The van der Waals surface area contributed by atoms with Crippen molar-refractivity contribution in [1.82, 2.24) is 10.2 Å². The Morgan fingerprint density at radius 2 is 2.04 bits per heavy atom. The molecule has 0 bridgehead atoms. The largest absolute Gasteiger partial charge is 0.497 e. The monoisotopic (exact) mass is 348 g/mol. The molecule has 1 heterocycles. The molecule has 0 spiro atoms. The Bertz CT molecular complexity index is 588. The molecule has 0 aromatic heterocycles. The van der Waals surface area contributed by atoms with Crippen LogP contribution in [0.5, 0.6) is 5.75 Å². The van der Waals surface area contributed by atoms with Crippen LogP contribution < -0.4 is 10.1 Å². The Morgan fingerprint density at radius 3 is 2.64 bits per heavy atom. The quantitative estimate of drug-likeness (QED) is 0.753. The number of carbonyl (C=O) groups is 2. The molecule has 6 heteroatoms. The van der Waals surface area contributed by atoms with Gasteiger partial charge in [0.15, 0.2) is 0 Å². The minimum absolute atomic E-state index is 0.0150. The number of benzene rings is 1. The summed E-state index contributed by atoms with van der Waals surface area (Å²) in [6.45, 7) is 4.41. The molecule has 1 aliphatic heterocycles. The average molecular weight is 348 g/mol. The molecule has 1 aromatic rings. The van der Waals surface area contributed by atoms with Crippen LogP contribution in [0.15, 0.2) is 24.3 Å². The molecular weight excluding hydrogens is 320 g/mol. The highest BCUT2D eigenvalue weighted by molar-refractivity contribution is 5.76. The highest BCUT2D eigenvalue weighted by atomic mass is 16.5. The van der Waals surface area contributed by atoms with E-state index in [-0.39, 0.29) is 5.91 Å². The summed E-state index contributed by atoms with van der Waals surface area (Å²) in [6.07, 6.45) is 2.60. The Labute approximate surface area is 149 Å². The Morgan fingerprint density at radius 1 is 1.32 bits per heavy atom. The predicted octanol–water partition coefficient (Wildman–Crippen LogP) is 2.28. The van der Waals surface area contributed by atoms with Gasteiger partial charge in [0.25, 0.3) is 0 Å². The molecule has 138 valence electrons. The number of hydrogen-bond donors (Lipinski definition) is 2. The van der Waals surface area contributed by atoms with Gasteiger partial charge >= 0.3 is 5.97 Å². The van der Waals surface area contributed by atoms with Crippen molar-refractivity contribution in [2.45, 2.75) is 39.2 Å². The topological polar surface area (TPSA) is 78.9 Å². The predicted molar refractivity (Wildman–Crippen MR) is 95.5 cm³/mol. The highest BCUT2D eigenvalue weighted by Gasteiger charge is 2.40. The van der Waals surface area contributed by atoms with Crippen molar-refractivity contribution < 1.29 is 19.4 Å². The van der Waals surface area contributed by atoms with Crippen molar-refractivity contribution in [1.29, 1.82) is 0 Å². The number of carbonyl (C=O) groups excluding carboxylic acids is 1. The van der Waals surface area contributed by atoms with E-state index in [1.807, 2.05) is 31.2 Å². The fraction of sp³-hybridized carbons (Fsp3) is 0.579. The van der Waals surface area contributed by atoms with Gasteiger partial charge in [0, 0.05) is 26.1 Å². The van der Waals surface area contributed by atoms with Crippen LogP contribution in [-0.2, 0) is 16.1 Å². The number of likely N-dealkylation sites (tertiary alicyclic amines) is 1. The van der Waals surface area contributed by atoms with Gasteiger partial charge in [-0.2, -0.15) is 0 Å². The third kappa shape index (κ3) is 5.19. The first-order chi connectivity index (χ1) is 12.0. The van der Waals surface area contributed by atoms with E-state index in [1.165, 1.54) is 0 Å². The number of methoxy groups -OCH3 is 1. The number of rotatable bonds is 8. The summed E-state index contributed by atoms with van der Waals surface area (Å²) in [7, 11) is 1.62. The van der Waals surface area contributed by atoms with Crippen molar-refractivity contribution in [3.8, 4) is 5.75 Å². The molecule has 0 unspecified atom stereocenters. The van der Waals surface area contributed by atoms with E-state index in [0.29, 0.717) is 32.5 Å². The van der Waals surface area contributed by atoms with Crippen LogP contribution in [-0.4, -0.2) is 48.6 Å². The molecular formula is C19H28N2O4. The van der Waals surface area contributed by atoms with Crippen molar-refractivity contribution >= 4 is 11.9 Å². The second-order valence-electron chi connectivity index (χ2n) is 6.69. The molecule has 1 amide bonds. The number of aliphatic carboxylic acids is 1. The fourth-order valence-corrected chi connectivity index (χ4v) is 3.32. The van der Waals surface area contributed by atoms with Crippen molar-refractivity contribution in [2.75, 3.05) is 26.7 Å². The maximum Gasteiger partial charge on any atom is 0.310 e. The molecule has 1 saturated heterocycles. The van der Waals surface area contributed by atoms with Crippen LogP contribution in [0.2, 0.25) is 0 Å².